The Morgan fingerprint density at radius 2 is 1.69 bits per heavy atom. The normalized spacial score (nSPS) is 18.0. The lowest BCUT2D eigenvalue weighted by molar-refractivity contribution is -0.137. The van der Waals surface area contributed by atoms with E-state index in [1.54, 1.807) is 48.5 Å². The fourth-order valence-corrected chi connectivity index (χ4v) is 3.94. The molecule has 0 saturated carbocycles. The highest BCUT2D eigenvalue weighted by atomic mass is 19.4. The number of benzene rings is 3. The van der Waals surface area contributed by atoms with Crippen LogP contribution in [-0.4, -0.2) is 16.8 Å². The van der Waals surface area contributed by atoms with Crippen molar-refractivity contribution in [3.63, 3.8) is 0 Å². The summed E-state index contributed by atoms with van der Waals surface area (Å²) in [5.41, 5.74) is -0.691. The van der Waals surface area contributed by atoms with E-state index in [1.165, 1.54) is 17.0 Å². The number of aliphatic hydroxyl groups is 1. The number of nitrogens with zero attached hydrogens (tertiary/aromatic N) is 1. The first-order chi connectivity index (χ1) is 15.1. The summed E-state index contributed by atoms with van der Waals surface area (Å²) in [6.07, 6.45) is -4.98. The Morgan fingerprint density at radius 1 is 1.00 bits per heavy atom. The number of amides is 1. The highest BCUT2D eigenvalue weighted by molar-refractivity contribution is 6.10. The summed E-state index contributed by atoms with van der Waals surface area (Å²) in [7, 11) is 0. The average Bonchev–Trinajstić information content (AvgIpc) is 2.96. The van der Waals surface area contributed by atoms with Crippen LogP contribution in [0.2, 0.25) is 0 Å². The third-order valence-electron chi connectivity index (χ3n) is 5.62. The van der Waals surface area contributed by atoms with Crippen LogP contribution in [0.25, 0.3) is 0 Å². The predicted molar refractivity (Wildman–Crippen MR) is 113 cm³/mol. The summed E-state index contributed by atoms with van der Waals surface area (Å²) in [6, 6.07) is 18.0. The van der Waals surface area contributed by atoms with Gasteiger partial charge in [0, 0.05) is 11.1 Å². The van der Waals surface area contributed by atoms with Gasteiger partial charge in [-0.3, -0.25) is 9.59 Å². The molecule has 4 nitrogen and oxygen atoms in total. The van der Waals surface area contributed by atoms with Gasteiger partial charge in [0.2, 0.25) is 0 Å². The topological polar surface area (TPSA) is 57.6 Å². The summed E-state index contributed by atoms with van der Waals surface area (Å²) < 4.78 is 39.3. The van der Waals surface area contributed by atoms with E-state index in [-0.39, 0.29) is 17.7 Å². The van der Waals surface area contributed by atoms with Crippen LogP contribution in [0.5, 0.6) is 0 Å². The van der Waals surface area contributed by atoms with Gasteiger partial charge in [-0.25, -0.2) is 0 Å². The molecule has 0 saturated heterocycles. The molecule has 1 aliphatic heterocycles. The lowest BCUT2D eigenvalue weighted by atomic mass is 9.88. The number of ketones is 1. The van der Waals surface area contributed by atoms with Gasteiger partial charge in [-0.2, -0.15) is 13.2 Å². The van der Waals surface area contributed by atoms with Crippen molar-refractivity contribution >= 4 is 17.4 Å². The number of carbonyl (C=O) groups is 2. The first-order valence-electron chi connectivity index (χ1n) is 9.99. The van der Waals surface area contributed by atoms with E-state index < -0.39 is 35.5 Å². The largest absolute Gasteiger partial charge is 0.416 e. The van der Waals surface area contributed by atoms with E-state index in [2.05, 4.69) is 0 Å². The van der Waals surface area contributed by atoms with E-state index in [0.717, 1.165) is 17.7 Å². The summed E-state index contributed by atoms with van der Waals surface area (Å²) in [6.45, 7) is 1.71. The monoisotopic (exact) mass is 439 g/mol. The van der Waals surface area contributed by atoms with Crippen molar-refractivity contribution in [2.45, 2.75) is 31.7 Å². The van der Waals surface area contributed by atoms with Crippen molar-refractivity contribution in [1.82, 2.24) is 0 Å². The second-order valence-corrected chi connectivity index (χ2v) is 7.93. The van der Waals surface area contributed by atoms with Crippen LogP contribution < -0.4 is 4.90 Å². The van der Waals surface area contributed by atoms with Crippen molar-refractivity contribution < 1.29 is 27.9 Å². The minimum Gasteiger partial charge on any atom is -0.375 e. The van der Waals surface area contributed by atoms with Gasteiger partial charge in [-0.05, 0) is 30.7 Å². The fourth-order valence-electron chi connectivity index (χ4n) is 3.94. The molecule has 1 aliphatic rings. The molecule has 3 aromatic rings. The van der Waals surface area contributed by atoms with E-state index in [9.17, 15) is 27.9 Å². The zero-order valence-electron chi connectivity index (χ0n) is 17.2. The summed E-state index contributed by atoms with van der Waals surface area (Å²) in [5.74, 6) is -1.15. The van der Waals surface area contributed by atoms with Crippen LogP contribution in [0.15, 0.2) is 72.8 Å². The van der Waals surface area contributed by atoms with Crippen LogP contribution in [0.3, 0.4) is 0 Å². The van der Waals surface area contributed by atoms with Gasteiger partial charge < -0.3 is 10.0 Å². The zero-order valence-corrected chi connectivity index (χ0v) is 17.2. The molecule has 1 amide bonds. The molecule has 1 heterocycles. The van der Waals surface area contributed by atoms with Crippen LogP contribution in [0.4, 0.5) is 18.9 Å². The Bertz CT molecular complexity index is 1190. The van der Waals surface area contributed by atoms with E-state index in [0.29, 0.717) is 11.3 Å². The number of halogens is 3. The molecule has 4 rings (SSSR count). The number of alkyl halides is 3. The minimum absolute atomic E-state index is 0.166. The smallest absolute Gasteiger partial charge is 0.375 e. The highest BCUT2D eigenvalue weighted by Crippen LogP contribution is 2.43. The zero-order chi connectivity index (χ0) is 23.1. The molecule has 32 heavy (non-hydrogen) atoms. The maximum atomic E-state index is 13.3. The Hall–Kier alpha value is -3.45. The molecule has 0 bridgehead atoms. The maximum absolute atomic E-state index is 13.3. The molecule has 0 aromatic heterocycles. The number of aryl methyl sites for hydroxylation is 1. The molecular weight excluding hydrogens is 419 g/mol. The number of hydrogen-bond donors (Lipinski definition) is 1. The molecule has 0 unspecified atom stereocenters. The number of anilines is 1. The number of hydrogen-bond acceptors (Lipinski definition) is 3. The summed E-state index contributed by atoms with van der Waals surface area (Å²) in [4.78, 5) is 27.4. The molecule has 0 radical (unpaired) electrons. The van der Waals surface area contributed by atoms with Crippen molar-refractivity contribution in [3.8, 4) is 0 Å². The molecule has 0 fully saturated rings. The predicted octanol–water partition coefficient (Wildman–Crippen LogP) is 5.02. The quantitative estimate of drug-likeness (QED) is 0.568. The Morgan fingerprint density at radius 3 is 2.38 bits per heavy atom. The van der Waals surface area contributed by atoms with Gasteiger partial charge in [-0.15, -0.1) is 0 Å². The first kappa shape index (κ1) is 21.8. The third-order valence-corrected chi connectivity index (χ3v) is 5.62. The molecule has 7 heteroatoms. The Balaban J connectivity index is 1.66. The van der Waals surface area contributed by atoms with Crippen molar-refractivity contribution in [2.75, 3.05) is 4.90 Å². The van der Waals surface area contributed by atoms with Gasteiger partial charge in [0.25, 0.3) is 5.91 Å². The third kappa shape index (κ3) is 3.91. The molecule has 0 aliphatic carbocycles. The van der Waals surface area contributed by atoms with Gasteiger partial charge in [0.1, 0.15) is 0 Å². The number of Topliss-reactive ketones (excluding diaryl/α,β-unsaturated/α-hetero) is 1. The number of fused-ring (bicyclic) bond motifs is 1. The summed E-state index contributed by atoms with van der Waals surface area (Å²) >= 11 is 0. The molecule has 1 atom stereocenters. The van der Waals surface area contributed by atoms with Gasteiger partial charge in [0.15, 0.2) is 11.4 Å². The van der Waals surface area contributed by atoms with E-state index >= 15 is 0 Å². The van der Waals surface area contributed by atoms with Crippen LogP contribution in [-0.2, 0) is 23.1 Å². The maximum Gasteiger partial charge on any atom is 0.416 e. The Kier molecular flexibility index (Phi) is 5.38. The molecule has 3 aromatic carbocycles. The van der Waals surface area contributed by atoms with Crippen molar-refractivity contribution in [1.29, 1.82) is 0 Å². The van der Waals surface area contributed by atoms with Gasteiger partial charge >= 0.3 is 6.18 Å². The van der Waals surface area contributed by atoms with E-state index in [1.807, 2.05) is 6.92 Å². The summed E-state index contributed by atoms with van der Waals surface area (Å²) in [5, 5.41) is 11.3. The molecule has 0 spiro atoms. The van der Waals surface area contributed by atoms with Crippen LogP contribution in [0.1, 0.15) is 39.0 Å². The number of rotatable bonds is 5. The highest BCUT2D eigenvalue weighted by Gasteiger charge is 2.50. The molecular formula is C25H20F3NO3. The second kappa shape index (κ2) is 7.91. The number of para-hydroxylation sites is 1. The second-order valence-electron chi connectivity index (χ2n) is 7.93. The standard InChI is InChI=1S/C25H20F3NO3/c1-16-9-11-18(12-10-16)22(30)14-24(32)20-7-2-3-8-21(20)29(23(24)31)15-17-5-4-6-19(13-17)25(26,27)28/h2-13,32H,14-15H2,1H3/t24-/m0/s1. The SMILES string of the molecule is Cc1ccc(C(=O)C[C@@]2(O)C(=O)N(Cc3cccc(C(F)(F)F)c3)c3ccccc32)cc1. The fraction of sp³-hybridized carbons (Fsp3) is 0.200. The minimum atomic E-state index is -4.51. The first-order valence-corrected chi connectivity index (χ1v) is 9.99. The Labute approximate surface area is 182 Å². The van der Waals surface area contributed by atoms with Gasteiger partial charge in [0.05, 0.1) is 24.2 Å². The van der Waals surface area contributed by atoms with Gasteiger partial charge in [-0.1, -0.05) is 60.2 Å². The lowest BCUT2D eigenvalue weighted by Gasteiger charge is -2.23. The van der Waals surface area contributed by atoms with Crippen LogP contribution in [0, 0.1) is 6.92 Å². The number of carbonyl (C=O) groups excluding carboxylic acids is 2. The average molecular weight is 439 g/mol. The van der Waals surface area contributed by atoms with Crippen LogP contribution >= 0.6 is 0 Å². The van der Waals surface area contributed by atoms with E-state index in [4.69, 9.17) is 0 Å². The molecule has 1 N–H and O–H groups in total. The lowest BCUT2D eigenvalue weighted by Crippen LogP contribution is -2.41. The molecule has 164 valence electrons. The van der Waals surface area contributed by atoms with Crippen molar-refractivity contribution in [2.24, 2.45) is 0 Å². The van der Waals surface area contributed by atoms with Crippen molar-refractivity contribution in [3.05, 3.63) is 101 Å².